The summed E-state index contributed by atoms with van der Waals surface area (Å²) >= 11 is 0. The summed E-state index contributed by atoms with van der Waals surface area (Å²) in [6, 6.07) is 5.70. The molecule has 1 heterocycles. The Bertz CT molecular complexity index is 1050. The van der Waals surface area contributed by atoms with Crippen LogP contribution >= 0.6 is 0 Å². The summed E-state index contributed by atoms with van der Waals surface area (Å²) in [6.07, 6.45) is 10.7. The number of hydrogen-bond donors (Lipinski definition) is 3. The lowest BCUT2D eigenvalue weighted by atomic mass is 9.93. The minimum absolute atomic E-state index is 0.104. The molecule has 0 aliphatic heterocycles. The normalized spacial score (nSPS) is 18.1. The number of aryl methyl sites for hydroxylation is 1. The van der Waals surface area contributed by atoms with E-state index in [0.717, 1.165) is 24.8 Å². The largest absolute Gasteiger partial charge is 0.383 e. The van der Waals surface area contributed by atoms with Gasteiger partial charge >= 0.3 is 0 Å². The molecule has 1 aromatic carbocycles. The summed E-state index contributed by atoms with van der Waals surface area (Å²) in [5, 5.41) is 10.3. The zero-order chi connectivity index (χ0) is 21.3. The van der Waals surface area contributed by atoms with Gasteiger partial charge < -0.3 is 16.4 Å². The number of anilines is 1. The van der Waals surface area contributed by atoms with Gasteiger partial charge in [0.05, 0.1) is 11.9 Å². The number of nitrogen functional groups attached to an aromatic ring is 1. The van der Waals surface area contributed by atoms with Crippen molar-refractivity contribution >= 4 is 17.6 Å². The summed E-state index contributed by atoms with van der Waals surface area (Å²) in [5.41, 5.74) is 10.0. The van der Waals surface area contributed by atoms with Crippen molar-refractivity contribution in [3.8, 4) is 5.69 Å². The van der Waals surface area contributed by atoms with Gasteiger partial charge in [-0.25, -0.2) is 4.68 Å². The van der Waals surface area contributed by atoms with E-state index in [9.17, 15) is 9.59 Å². The van der Waals surface area contributed by atoms with E-state index in [0.29, 0.717) is 29.3 Å². The van der Waals surface area contributed by atoms with Crippen molar-refractivity contribution in [1.82, 2.24) is 20.4 Å². The highest BCUT2D eigenvalue weighted by Crippen LogP contribution is 2.24. The Morgan fingerprint density at radius 1 is 1.23 bits per heavy atom. The second-order valence-corrected chi connectivity index (χ2v) is 8.09. The average Bonchev–Trinajstić information content (AvgIpc) is 3.47. The van der Waals surface area contributed by atoms with E-state index in [-0.39, 0.29) is 23.7 Å². The first-order valence-electron chi connectivity index (χ1n) is 10.3. The lowest BCUT2D eigenvalue weighted by Crippen LogP contribution is -2.30. The van der Waals surface area contributed by atoms with Crippen molar-refractivity contribution in [2.45, 2.75) is 39.2 Å². The second kappa shape index (κ2) is 8.18. The Balaban J connectivity index is 1.51. The van der Waals surface area contributed by atoms with Gasteiger partial charge in [-0.3, -0.25) is 9.59 Å². The Kier molecular flexibility index (Phi) is 5.44. The molecule has 2 aliphatic rings. The van der Waals surface area contributed by atoms with Gasteiger partial charge in [-0.2, -0.15) is 5.10 Å². The molecule has 1 fully saturated rings. The van der Waals surface area contributed by atoms with E-state index < -0.39 is 0 Å². The van der Waals surface area contributed by atoms with Crippen molar-refractivity contribution in [1.29, 1.82) is 0 Å². The topological polar surface area (TPSA) is 102 Å². The maximum absolute atomic E-state index is 12.7. The SMILES string of the molecule is CC1=CC=CCC1CNC(=O)c1cnn(-c2cc(C(=O)NC3CC3)ccc2C)c1N. The molecule has 1 unspecified atom stereocenters. The Morgan fingerprint density at radius 3 is 2.77 bits per heavy atom. The number of nitrogens with two attached hydrogens (primary N) is 1. The molecule has 0 spiro atoms. The number of hydrogen-bond acceptors (Lipinski definition) is 4. The van der Waals surface area contributed by atoms with Crippen molar-refractivity contribution in [3.05, 3.63) is 64.9 Å². The monoisotopic (exact) mass is 405 g/mol. The highest BCUT2D eigenvalue weighted by atomic mass is 16.2. The first-order valence-corrected chi connectivity index (χ1v) is 10.3. The van der Waals surface area contributed by atoms with Gasteiger partial charge in [0.2, 0.25) is 0 Å². The van der Waals surface area contributed by atoms with Crippen LogP contribution in [-0.4, -0.2) is 34.2 Å². The maximum atomic E-state index is 12.7. The second-order valence-electron chi connectivity index (χ2n) is 8.09. The van der Waals surface area contributed by atoms with Crippen LogP contribution in [-0.2, 0) is 0 Å². The van der Waals surface area contributed by atoms with Gasteiger partial charge in [0.25, 0.3) is 11.8 Å². The zero-order valence-electron chi connectivity index (χ0n) is 17.3. The Hall–Kier alpha value is -3.35. The number of carbonyl (C=O) groups is 2. The third kappa shape index (κ3) is 4.15. The lowest BCUT2D eigenvalue weighted by Gasteiger charge is -2.19. The molecule has 0 radical (unpaired) electrons. The van der Waals surface area contributed by atoms with E-state index in [1.807, 2.05) is 19.1 Å². The molecule has 2 amide bonds. The molecule has 30 heavy (non-hydrogen) atoms. The summed E-state index contributed by atoms with van der Waals surface area (Å²) < 4.78 is 1.52. The number of benzene rings is 1. The van der Waals surface area contributed by atoms with Crippen LogP contribution < -0.4 is 16.4 Å². The third-order valence-corrected chi connectivity index (χ3v) is 5.73. The fourth-order valence-electron chi connectivity index (χ4n) is 3.54. The number of rotatable bonds is 6. The molecule has 1 aromatic heterocycles. The lowest BCUT2D eigenvalue weighted by molar-refractivity contribution is 0.0942. The van der Waals surface area contributed by atoms with E-state index in [4.69, 9.17) is 5.73 Å². The fourth-order valence-corrected chi connectivity index (χ4v) is 3.54. The predicted octanol–water partition coefficient (Wildman–Crippen LogP) is 2.91. The van der Waals surface area contributed by atoms with Crippen molar-refractivity contribution in [2.24, 2.45) is 5.92 Å². The molecule has 4 rings (SSSR count). The van der Waals surface area contributed by atoms with Crippen LogP contribution in [0.1, 0.15) is 52.5 Å². The molecule has 1 saturated carbocycles. The molecule has 2 aromatic rings. The van der Waals surface area contributed by atoms with Crippen LogP contribution in [0.25, 0.3) is 5.69 Å². The van der Waals surface area contributed by atoms with Gasteiger partial charge in [-0.1, -0.05) is 29.9 Å². The summed E-state index contributed by atoms with van der Waals surface area (Å²) in [4.78, 5) is 25.1. The third-order valence-electron chi connectivity index (χ3n) is 5.73. The van der Waals surface area contributed by atoms with Gasteiger partial charge in [-0.15, -0.1) is 0 Å². The smallest absolute Gasteiger partial charge is 0.256 e. The summed E-state index contributed by atoms with van der Waals surface area (Å²) in [6.45, 7) is 4.54. The number of amides is 2. The van der Waals surface area contributed by atoms with E-state index >= 15 is 0 Å². The van der Waals surface area contributed by atoms with Gasteiger partial charge in [0, 0.05) is 24.1 Å². The molecule has 4 N–H and O–H groups in total. The number of aromatic nitrogens is 2. The van der Waals surface area contributed by atoms with E-state index in [1.165, 1.54) is 16.5 Å². The standard InChI is InChI=1S/C23H27N5O2/c1-14-5-3-4-6-17(14)12-25-23(30)19-13-26-28(21(19)24)20-11-16(8-7-15(20)2)22(29)27-18-9-10-18/h3-5,7-8,11,13,17-18H,6,9-10,12,24H2,1-2H3,(H,25,30)(H,27,29). The number of carbonyl (C=O) groups excluding carboxylic acids is 2. The van der Waals surface area contributed by atoms with Crippen molar-refractivity contribution < 1.29 is 9.59 Å². The van der Waals surface area contributed by atoms with Crippen LogP contribution in [0.4, 0.5) is 5.82 Å². The van der Waals surface area contributed by atoms with Crippen LogP contribution in [0.5, 0.6) is 0 Å². The molecule has 0 bridgehead atoms. The van der Waals surface area contributed by atoms with Crippen LogP contribution in [0, 0.1) is 12.8 Å². The summed E-state index contributed by atoms with van der Waals surface area (Å²) in [7, 11) is 0. The van der Waals surface area contributed by atoms with Crippen molar-refractivity contribution in [3.63, 3.8) is 0 Å². The minimum atomic E-state index is -0.249. The van der Waals surface area contributed by atoms with Crippen molar-refractivity contribution in [2.75, 3.05) is 12.3 Å². The highest BCUT2D eigenvalue weighted by molar-refractivity contribution is 5.99. The van der Waals surface area contributed by atoms with Gasteiger partial charge in [0.15, 0.2) is 0 Å². The molecule has 7 heteroatoms. The number of nitrogens with one attached hydrogen (secondary N) is 2. The molecular formula is C23H27N5O2. The Morgan fingerprint density at radius 2 is 2.03 bits per heavy atom. The highest BCUT2D eigenvalue weighted by Gasteiger charge is 2.24. The molecule has 2 aliphatic carbocycles. The summed E-state index contributed by atoms with van der Waals surface area (Å²) in [5.74, 6) is 0.194. The zero-order valence-corrected chi connectivity index (χ0v) is 17.3. The average molecular weight is 406 g/mol. The molecule has 1 atom stereocenters. The number of allylic oxidation sites excluding steroid dienone is 3. The van der Waals surface area contributed by atoms with E-state index in [1.54, 1.807) is 12.1 Å². The molecular weight excluding hydrogens is 378 g/mol. The number of nitrogens with zero attached hydrogens (tertiary/aromatic N) is 2. The quantitative estimate of drug-likeness (QED) is 0.688. The van der Waals surface area contributed by atoms with Gasteiger partial charge in [-0.05, 0) is 50.8 Å². The first kappa shape index (κ1) is 19.9. The van der Waals surface area contributed by atoms with Crippen LogP contribution in [0.2, 0.25) is 0 Å². The fraction of sp³-hybridized carbons (Fsp3) is 0.348. The predicted molar refractivity (Wildman–Crippen MR) is 117 cm³/mol. The Labute approximate surface area is 176 Å². The maximum Gasteiger partial charge on any atom is 0.256 e. The molecule has 0 saturated heterocycles. The van der Waals surface area contributed by atoms with Crippen LogP contribution in [0.15, 0.2) is 48.2 Å². The molecule has 156 valence electrons. The van der Waals surface area contributed by atoms with E-state index in [2.05, 4.69) is 34.8 Å². The molecule has 7 nitrogen and oxygen atoms in total. The minimum Gasteiger partial charge on any atom is -0.383 e. The van der Waals surface area contributed by atoms with Gasteiger partial charge in [0.1, 0.15) is 11.4 Å². The van der Waals surface area contributed by atoms with Crippen LogP contribution in [0.3, 0.4) is 0 Å². The first-order chi connectivity index (χ1) is 14.4.